The molecule has 0 atom stereocenters. The number of halogens is 1. The zero-order valence-electron chi connectivity index (χ0n) is 10.7. The van der Waals surface area contributed by atoms with Crippen molar-refractivity contribution in [2.75, 3.05) is 0 Å². The summed E-state index contributed by atoms with van der Waals surface area (Å²) in [6, 6.07) is 5.90. The summed E-state index contributed by atoms with van der Waals surface area (Å²) in [4.78, 5) is 24.1. The summed E-state index contributed by atoms with van der Waals surface area (Å²) in [5.41, 5.74) is -0.966. The molecular weight excluding hydrogens is 339 g/mol. The molecular formula is C11H9BFN2O4Rb. The topological polar surface area (TPSA) is 98.2 Å². The summed E-state index contributed by atoms with van der Waals surface area (Å²) in [5.74, 6) is -1.05. The van der Waals surface area contributed by atoms with Crippen LogP contribution in [0.5, 0.6) is 0 Å². The van der Waals surface area contributed by atoms with E-state index in [-0.39, 0.29) is 70.2 Å². The molecule has 2 rings (SSSR count). The predicted octanol–water partition coefficient (Wildman–Crippen LogP) is -5.22. The van der Waals surface area contributed by atoms with Gasteiger partial charge < -0.3 is 10.0 Å². The minimum Gasteiger partial charge on any atom is -0.853 e. The third kappa shape index (κ3) is 4.31. The number of rotatable bonds is 3. The van der Waals surface area contributed by atoms with E-state index in [9.17, 15) is 19.0 Å². The van der Waals surface area contributed by atoms with E-state index in [4.69, 9.17) is 5.02 Å². The molecule has 6 nitrogen and oxygen atoms in total. The molecule has 0 aliphatic carbocycles. The quantitative estimate of drug-likeness (QED) is 0.542. The van der Waals surface area contributed by atoms with E-state index < -0.39 is 24.2 Å². The zero-order chi connectivity index (χ0) is 14.0. The molecule has 0 aliphatic heterocycles. The van der Waals surface area contributed by atoms with Crippen molar-refractivity contribution in [3.63, 3.8) is 0 Å². The van der Waals surface area contributed by atoms with Gasteiger partial charge in [0, 0.05) is 0 Å². The van der Waals surface area contributed by atoms with Crippen molar-refractivity contribution in [3.05, 3.63) is 62.7 Å². The maximum atomic E-state index is 13.1. The van der Waals surface area contributed by atoms with Gasteiger partial charge in [-0.1, -0.05) is 29.7 Å². The monoisotopic (exact) mass is 348 g/mol. The number of nitrogens with zero attached hydrogens (tertiary/aromatic N) is 1. The van der Waals surface area contributed by atoms with Crippen molar-refractivity contribution in [3.8, 4) is 0 Å². The summed E-state index contributed by atoms with van der Waals surface area (Å²) in [6.45, 7) is 0.0434. The van der Waals surface area contributed by atoms with Gasteiger partial charge in [-0.3, -0.25) is 14.3 Å². The fourth-order valence-corrected chi connectivity index (χ4v) is 1.58. The van der Waals surface area contributed by atoms with Crippen LogP contribution in [0.25, 0.3) is 0 Å². The van der Waals surface area contributed by atoms with Gasteiger partial charge in [-0.05, 0) is 5.56 Å². The van der Waals surface area contributed by atoms with E-state index in [1.165, 1.54) is 24.3 Å². The van der Waals surface area contributed by atoms with E-state index in [2.05, 4.69) is 0 Å². The first-order valence-electron chi connectivity index (χ1n) is 5.39. The van der Waals surface area contributed by atoms with Crippen molar-refractivity contribution >= 4 is 12.6 Å². The Balaban J connectivity index is 0.00000200. The smallest absolute Gasteiger partial charge is 0.853 e. The summed E-state index contributed by atoms with van der Waals surface area (Å²) >= 11 is 0. The van der Waals surface area contributed by atoms with Gasteiger partial charge in [-0.15, -0.1) is 0 Å². The molecule has 0 radical (unpaired) electrons. The van der Waals surface area contributed by atoms with Crippen LogP contribution in [0.15, 0.2) is 40.1 Å². The Hall–Kier alpha value is -0.380. The first-order chi connectivity index (χ1) is 8.97. The third-order valence-corrected chi connectivity index (χ3v) is 2.59. The molecule has 2 aromatic rings. The minimum atomic E-state index is -1.82. The van der Waals surface area contributed by atoms with Crippen LogP contribution in [0.4, 0.5) is 4.39 Å². The molecule has 0 fully saturated rings. The molecule has 0 unspecified atom stereocenters. The van der Waals surface area contributed by atoms with Crippen LogP contribution in [-0.4, -0.2) is 21.7 Å². The van der Waals surface area contributed by atoms with Crippen molar-refractivity contribution in [1.29, 1.82) is 0 Å². The predicted molar refractivity (Wildman–Crippen MR) is 64.4 cm³/mol. The van der Waals surface area contributed by atoms with Crippen molar-refractivity contribution in [1.82, 2.24) is 9.55 Å². The van der Waals surface area contributed by atoms with Gasteiger partial charge in [-0.25, -0.2) is 4.79 Å². The molecule has 1 aromatic carbocycles. The van der Waals surface area contributed by atoms with E-state index in [1.807, 2.05) is 4.98 Å². The maximum Gasteiger partial charge on any atom is 1.00 e. The van der Waals surface area contributed by atoms with E-state index in [1.54, 1.807) is 0 Å². The number of H-pyrrole nitrogens is 1. The first kappa shape index (κ1) is 17.7. The molecule has 0 aliphatic rings. The molecule has 2 N–H and O–H groups in total. The normalized spacial score (nSPS) is 9.95. The Morgan fingerprint density at radius 2 is 1.90 bits per heavy atom. The summed E-state index contributed by atoms with van der Waals surface area (Å²) in [7, 11) is -1.82. The summed E-state index contributed by atoms with van der Waals surface area (Å²) in [5, 5.41) is 19.6. The van der Waals surface area contributed by atoms with E-state index in [0.29, 0.717) is 5.56 Å². The summed E-state index contributed by atoms with van der Waals surface area (Å²) < 4.78 is 14.1. The molecule has 0 saturated carbocycles. The molecule has 1 heterocycles. The molecule has 0 amide bonds. The van der Waals surface area contributed by atoms with Gasteiger partial charge in [0.2, 0.25) is 12.9 Å². The molecule has 9 heteroatoms. The number of aromatic amines is 1. The second-order valence-corrected chi connectivity index (χ2v) is 3.96. The SMILES string of the molecule is O=c1[nH]c(=O)n(Cc2ccc(B([O-])O)cc2)cc1F.[Rb+]. The Morgan fingerprint density at radius 3 is 2.45 bits per heavy atom. The third-order valence-electron chi connectivity index (χ3n) is 2.59. The van der Waals surface area contributed by atoms with Gasteiger partial charge >= 0.3 is 63.9 Å². The van der Waals surface area contributed by atoms with Gasteiger partial charge in [0.1, 0.15) is 0 Å². The van der Waals surface area contributed by atoms with Crippen LogP contribution in [-0.2, 0) is 6.54 Å². The minimum absolute atomic E-state index is 0. The molecule has 98 valence electrons. The van der Waals surface area contributed by atoms with Crippen molar-refractivity contribution in [2.24, 2.45) is 0 Å². The average Bonchev–Trinajstić information content (AvgIpc) is 2.36. The summed E-state index contributed by atoms with van der Waals surface area (Å²) in [6.07, 6.45) is 0.817. The molecule has 20 heavy (non-hydrogen) atoms. The number of hydrogen-bond acceptors (Lipinski definition) is 4. The molecule has 0 spiro atoms. The van der Waals surface area contributed by atoms with Crippen LogP contribution in [0.1, 0.15) is 5.56 Å². The first-order valence-corrected chi connectivity index (χ1v) is 5.39. The maximum absolute atomic E-state index is 13.1. The Labute approximate surface area is 162 Å². The number of nitrogens with one attached hydrogen (secondary N) is 1. The Morgan fingerprint density at radius 1 is 1.30 bits per heavy atom. The van der Waals surface area contributed by atoms with Gasteiger partial charge in [0.15, 0.2) is 0 Å². The molecule has 0 saturated heterocycles. The Kier molecular flexibility index (Phi) is 6.70. The van der Waals surface area contributed by atoms with Crippen molar-refractivity contribution < 1.29 is 72.6 Å². The number of hydrogen-bond donors (Lipinski definition) is 2. The number of aromatic nitrogens is 2. The molecule has 1 aromatic heterocycles. The van der Waals surface area contributed by atoms with Gasteiger partial charge in [-0.2, -0.15) is 4.39 Å². The standard InChI is InChI=1S/C11H9BFN2O4.Rb/c13-9-6-15(11(17)14-10(9)16)5-7-1-3-8(4-2-7)12(18)19;/h1-4,6,18H,5H2,(H,14,16,17);/q-1;+1. The second kappa shape index (κ2) is 7.58. The van der Waals surface area contributed by atoms with E-state index >= 15 is 0 Å². The van der Waals surface area contributed by atoms with Crippen LogP contribution in [0.3, 0.4) is 0 Å². The molecule has 0 bridgehead atoms. The fraction of sp³-hybridized carbons (Fsp3) is 0.0909. The zero-order valence-corrected chi connectivity index (χ0v) is 15.6. The number of benzene rings is 1. The Bertz CT molecular complexity index is 699. The van der Waals surface area contributed by atoms with Crippen LogP contribution >= 0.6 is 0 Å². The average molecular weight is 348 g/mol. The largest absolute Gasteiger partial charge is 1.00 e. The van der Waals surface area contributed by atoms with Crippen molar-refractivity contribution in [2.45, 2.75) is 6.54 Å². The van der Waals surface area contributed by atoms with Crippen LogP contribution in [0.2, 0.25) is 0 Å². The van der Waals surface area contributed by atoms with Gasteiger partial charge in [0.25, 0.3) is 5.56 Å². The van der Waals surface area contributed by atoms with Gasteiger partial charge in [0.05, 0.1) is 12.7 Å². The fourth-order valence-electron chi connectivity index (χ4n) is 1.58. The van der Waals surface area contributed by atoms with Crippen LogP contribution < -0.4 is 79.9 Å². The van der Waals surface area contributed by atoms with E-state index in [0.717, 1.165) is 10.8 Å². The van der Waals surface area contributed by atoms with Crippen LogP contribution in [0, 0.1) is 5.82 Å². The second-order valence-electron chi connectivity index (χ2n) is 3.96.